The number of aryl methyl sites for hydroxylation is 2. The number of rotatable bonds is 2. The van der Waals surface area contributed by atoms with E-state index in [4.69, 9.17) is 9.97 Å². The Morgan fingerprint density at radius 3 is 2.55 bits per heavy atom. The number of benzene rings is 1. The average Bonchev–Trinajstić information content (AvgIpc) is 2.93. The Balaban J connectivity index is 1.99. The van der Waals surface area contributed by atoms with Gasteiger partial charge in [0.15, 0.2) is 5.82 Å². The summed E-state index contributed by atoms with van der Waals surface area (Å²) in [4.78, 5) is 14.5. The van der Waals surface area contributed by atoms with Crippen LogP contribution in [0.5, 0.6) is 0 Å². The molecule has 0 N–H and O–H groups in total. The lowest BCUT2D eigenvalue weighted by Gasteiger charge is -2.16. The minimum absolute atomic E-state index is 0.829. The van der Waals surface area contributed by atoms with Crippen LogP contribution in [-0.4, -0.2) is 24.1 Å². The quantitative estimate of drug-likeness (QED) is 0.706. The van der Waals surface area contributed by atoms with E-state index in [-0.39, 0.29) is 0 Å². The summed E-state index contributed by atoms with van der Waals surface area (Å²) in [5, 5.41) is 1.28. The first-order valence-electron chi connectivity index (χ1n) is 7.79. The Kier molecular flexibility index (Phi) is 3.34. The van der Waals surface area contributed by atoms with Crippen LogP contribution in [0.4, 0.5) is 5.82 Å². The molecule has 0 saturated carbocycles. The van der Waals surface area contributed by atoms with Gasteiger partial charge in [0.2, 0.25) is 0 Å². The maximum absolute atomic E-state index is 4.87. The zero-order valence-corrected chi connectivity index (χ0v) is 13.8. The molecule has 22 heavy (non-hydrogen) atoms. The molecule has 2 heterocycles. The van der Waals surface area contributed by atoms with Gasteiger partial charge in [-0.3, -0.25) is 0 Å². The van der Waals surface area contributed by atoms with E-state index in [9.17, 15) is 0 Å². The summed E-state index contributed by atoms with van der Waals surface area (Å²) in [5.41, 5.74) is 2.58. The maximum atomic E-state index is 4.87. The monoisotopic (exact) mass is 309 g/mol. The molecule has 1 aliphatic carbocycles. The first-order valence-corrected chi connectivity index (χ1v) is 8.60. The Morgan fingerprint density at radius 2 is 1.77 bits per heavy atom. The van der Waals surface area contributed by atoms with Crippen molar-refractivity contribution in [1.29, 1.82) is 0 Å². The van der Waals surface area contributed by atoms with Crippen molar-refractivity contribution in [2.45, 2.75) is 25.7 Å². The zero-order chi connectivity index (χ0) is 15.1. The molecule has 1 aliphatic rings. The molecule has 1 aromatic carbocycles. The summed E-state index contributed by atoms with van der Waals surface area (Å²) < 4.78 is 0. The van der Waals surface area contributed by atoms with Gasteiger partial charge in [0, 0.05) is 24.5 Å². The van der Waals surface area contributed by atoms with Gasteiger partial charge in [-0.15, -0.1) is 11.3 Å². The Bertz CT molecular complexity index is 821. The number of aromatic nitrogens is 2. The maximum Gasteiger partial charge on any atom is 0.163 e. The van der Waals surface area contributed by atoms with E-state index in [1.165, 1.54) is 41.5 Å². The Labute approximate surface area is 134 Å². The number of fused-ring (bicyclic) bond motifs is 3. The van der Waals surface area contributed by atoms with Crippen molar-refractivity contribution in [2.75, 3.05) is 19.0 Å². The van der Waals surface area contributed by atoms with E-state index in [2.05, 4.69) is 31.1 Å². The van der Waals surface area contributed by atoms with Gasteiger partial charge in [-0.25, -0.2) is 9.97 Å². The molecular formula is C18H19N3S. The van der Waals surface area contributed by atoms with Gasteiger partial charge in [-0.05, 0) is 31.2 Å². The fourth-order valence-corrected chi connectivity index (χ4v) is 4.43. The van der Waals surface area contributed by atoms with Crippen LogP contribution in [-0.2, 0) is 12.8 Å². The molecule has 0 unspecified atom stereocenters. The summed E-state index contributed by atoms with van der Waals surface area (Å²) in [7, 11) is 4.15. The highest BCUT2D eigenvalue weighted by molar-refractivity contribution is 7.19. The highest BCUT2D eigenvalue weighted by atomic mass is 32.1. The third-order valence-electron chi connectivity index (χ3n) is 4.25. The molecule has 3 nitrogen and oxygen atoms in total. The van der Waals surface area contributed by atoms with Gasteiger partial charge in [0.05, 0.1) is 5.39 Å². The van der Waals surface area contributed by atoms with E-state index in [0.29, 0.717) is 0 Å². The van der Waals surface area contributed by atoms with Crippen LogP contribution in [0.3, 0.4) is 0 Å². The largest absolute Gasteiger partial charge is 0.362 e. The first kappa shape index (κ1) is 13.7. The highest BCUT2D eigenvalue weighted by Crippen LogP contribution is 2.40. The van der Waals surface area contributed by atoms with Crippen molar-refractivity contribution in [3.63, 3.8) is 0 Å². The smallest absolute Gasteiger partial charge is 0.163 e. The number of nitrogens with zero attached hydrogens (tertiary/aromatic N) is 3. The van der Waals surface area contributed by atoms with Crippen molar-refractivity contribution in [3.8, 4) is 11.4 Å². The van der Waals surface area contributed by atoms with Crippen LogP contribution < -0.4 is 4.90 Å². The van der Waals surface area contributed by atoms with Crippen LogP contribution >= 0.6 is 11.3 Å². The second-order valence-electron chi connectivity index (χ2n) is 6.02. The minimum Gasteiger partial charge on any atom is -0.362 e. The second kappa shape index (κ2) is 5.36. The molecule has 4 heteroatoms. The standard InChI is InChI=1S/C18H19N3S/c1-21(2)17-15-13-10-6-7-11-14(13)22-18(15)20-16(19-17)12-8-4-3-5-9-12/h3-5,8-9H,6-7,10-11H2,1-2H3. The van der Waals surface area contributed by atoms with Gasteiger partial charge < -0.3 is 4.90 Å². The molecule has 2 aromatic heterocycles. The van der Waals surface area contributed by atoms with Crippen molar-refractivity contribution in [2.24, 2.45) is 0 Å². The van der Waals surface area contributed by atoms with Crippen LogP contribution in [0.25, 0.3) is 21.6 Å². The summed E-state index contributed by atoms with van der Waals surface area (Å²) in [5.74, 6) is 1.89. The number of hydrogen-bond donors (Lipinski definition) is 0. The van der Waals surface area contributed by atoms with Crippen LogP contribution in [0.2, 0.25) is 0 Å². The van der Waals surface area contributed by atoms with Crippen LogP contribution in [0, 0.1) is 0 Å². The molecule has 0 spiro atoms. The number of anilines is 1. The number of thiophene rings is 1. The van der Waals surface area contributed by atoms with Gasteiger partial charge in [0.1, 0.15) is 10.6 Å². The van der Waals surface area contributed by atoms with E-state index in [0.717, 1.165) is 22.0 Å². The van der Waals surface area contributed by atoms with Gasteiger partial charge in [-0.2, -0.15) is 0 Å². The fraction of sp³-hybridized carbons (Fsp3) is 0.333. The molecule has 0 bridgehead atoms. The molecule has 0 saturated heterocycles. The van der Waals surface area contributed by atoms with Crippen LogP contribution in [0.1, 0.15) is 23.3 Å². The molecule has 0 atom stereocenters. The lowest BCUT2D eigenvalue weighted by atomic mass is 9.97. The summed E-state index contributed by atoms with van der Waals surface area (Å²) in [6.07, 6.45) is 4.95. The topological polar surface area (TPSA) is 29.0 Å². The molecule has 4 rings (SSSR count). The molecule has 0 fully saturated rings. The predicted molar refractivity (Wildman–Crippen MR) is 93.8 cm³/mol. The zero-order valence-electron chi connectivity index (χ0n) is 13.0. The van der Waals surface area contributed by atoms with Crippen LogP contribution in [0.15, 0.2) is 30.3 Å². The van der Waals surface area contributed by atoms with Crippen molar-refractivity contribution < 1.29 is 0 Å². The SMILES string of the molecule is CN(C)c1nc(-c2ccccc2)nc2sc3c(c12)CCCC3. The van der Waals surface area contributed by atoms with E-state index >= 15 is 0 Å². The molecule has 0 amide bonds. The average molecular weight is 309 g/mol. The number of hydrogen-bond acceptors (Lipinski definition) is 4. The highest BCUT2D eigenvalue weighted by Gasteiger charge is 2.22. The molecule has 112 valence electrons. The normalized spacial score (nSPS) is 14.1. The van der Waals surface area contributed by atoms with E-state index < -0.39 is 0 Å². The van der Waals surface area contributed by atoms with Gasteiger partial charge in [0.25, 0.3) is 0 Å². The molecule has 0 radical (unpaired) electrons. The fourth-order valence-electron chi connectivity index (χ4n) is 3.18. The van der Waals surface area contributed by atoms with Gasteiger partial charge >= 0.3 is 0 Å². The Morgan fingerprint density at radius 1 is 1.00 bits per heavy atom. The lowest BCUT2D eigenvalue weighted by molar-refractivity contribution is 0.700. The summed E-state index contributed by atoms with van der Waals surface area (Å²) in [6.45, 7) is 0. The van der Waals surface area contributed by atoms with E-state index in [1.807, 2.05) is 29.5 Å². The third kappa shape index (κ3) is 2.18. The van der Waals surface area contributed by atoms with E-state index in [1.54, 1.807) is 0 Å². The minimum atomic E-state index is 0.829. The Hall–Kier alpha value is -1.94. The summed E-state index contributed by atoms with van der Waals surface area (Å²) in [6, 6.07) is 10.3. The molecule has 3 aromatic rings. The lowest BCUT2D eigenvalue weighted by Crippen LogP contribution is -2.13. The second-order valence-corrected chi connectivity index (χ2v) is 7.11. The van der Waals surface area contributed by atoms with Crippen molar-refractivity contribution in [1.82, 2.24) is 9.97 Å². The third-order valence-corrected chi connectivity index (χ3v) is 5.44. The van der Waals surface area contributed by atoms with Crippen molar-refractivity contribution in [3.05, 3.63) is 40.8 Å². The molecule has 0 aliphatic heterocycles. The summed E-state index contributed by atoms with van der Waals surface area (Å²) >= 11 is 1.86. The van der Waals surface area contributed by atoms with Crippen molar-refractivity contribution >= 4 is 27.4 Å². The molecular weight excluding hydrogens is 290 g/mol. The first-order chi connectivity index (χ1) is 10.7. The van der Waals surface area contributed by atoms with Gasteiger partial charge in [-0.1, -0.05) is 30.3 Å². The predicted octanol–water partition coefficient (Wildman–Crippen LogP) is 4.30.